The molecule has 3 rings (SSSR count). The van der Waals surface area contributed by atoms with Gasteiger partial charge < -0.3 is 15.3 Å². The van der Waals surface area contributed by atoms with Crippen molar-refractivity contribution in [2.45, 2.75) is 50.4 Å². The standard InChI is InChI=1S/C15H20N2O2/c18-15(19)17-13-6-7-14(17)9-12(8-13)16-10-11-4-2-1-3-5-11/h1-5,12-14,16H,6-10H2,(H,18,19)/t12-,13+,14?/m1/s1. The molecule has 0 saturated carbocycles. The lowest BCUT2D eigenvalue weighted by Gasteiger charge is -2.37. The highest BCUT2D eigenvalue weighted by molar-refractivity contribution is 5.66. The summed E-state index contributed by atoms with van der Waals surface area (Å²) in [4.78, 5) is 12.9. The molecule has 1 unspecified atom stereocenters. The summed E-state index contributed by atoms with van der Waals surface area (Å²) in [6.07, 6.45) is 3.22. The zero-order chi connectivity index (χ0) is 13.2. The van der Waals surface area contributed by atoms with Crippen LogP contribution in [-0.4, -0.2) is 34.2 Å². The molecular formula is C15H20N2O2. The molecule has 2 N–H and O–H groups in total. The number of carbonyl (C=O) groups is 1. The van der Waals surface area contributed by atoms with Gasteiger partial charge in [-0.2, -0.15) is 0 Å². The largest absolute Gasteiger partial charge is 0.465 e. The highest BCUT2D eigenvalue weighted by Crippen LogP contribution is 2.35. The van der Waals surface area contributed by atoms with E-state index in [0.29, 0.717) is 6.04 Å². The predicted molar refractivity (Wildman–Crippen MR) is 73.0 cm³/mol. The van der Waals surface area contributed by atoms with Crippen LogP contribution in [0, 0.1) is 0 Å². The van der Waals surface area contributed by atoms with E-state index in [4.69, 9.17) is 0 Å². The molecule has 2 bridgehead atoms. The Balaban J connectivity index is 1.57. The fraction of sp³-hybridized carbons (Fsp3) is 0.533. The minimum absolute atomic E-state index is 0.226. The van der Waals surface area contributed by atoms with Crippen LogP contribution >= 0.6 is 0 Å². The third-order valence-electron chi connectivity index (χ3n) is 4.39. The van der Waals surface area contributed by atoms with Crippen molar-refractivity contribution in [1.82, 2.24) is 10.2 Å². The summed E-state index contributed by atoms with van der Waals surface area (Å²) in [5.74, 6) is 0. The number of nitrogens with zero attached hydrogens (tertiary/aromatic N) is 1. The topological polar surface area (TPSA) is 52.6 Å². The molecule has 4 nitrogen and oxygen atoms in total. The first-order valence-electron chi connectivity index (χ1n) is 7.02. The zero-order valence-corrected chi connectivity index (χ0v) is 11.0. The Morgan fingerprint density at radius 1 is 1.21 bits per heavy atom. The molecule has 2 heterocycles. The number of amides is 1. The molecule has 2 aliphatic heterocycles. The molecule has 0 radical (unpaired) electrons. The molecule has 3 atom stereocenters. The number of rotatable bonds is 3. The van der Waals surface area contributed by atoms with Gasteiger partial charge in [0.2, 0.25) is 0 Å². The van der Waals surface area contributed by atoms with Crippen molar-refractivity contribution in [3.8, 4) is 0 Å². The highest BCUT2D eigenvalue weighted by Gasteiger charge is 2.43. The minimum atomic E-state index is -0.742. The fourth-order valence-corrected chi connectivity index (χ4v) is 3.51. The van der Waals surface area contributed by atoms with Gasteiger partial charge in [0.15, 0.2) is 0 Å². The zero-order valence-electron chi connectivity index (χ0n) is 11.0. The van der Waals surface area contributed by atoms with Crippen LogP contribution in [0.2, 0.25) is 0 Å². The van der Waals surface area contributed by atoms with E-state index in [2.05, 4.69) is 17.4 Å². The Bertz CT molecular complexity index is 435. The molecule has 1 aromatic rings. The molecule has 1 aromatic carbocycles. The van der Waals surface area contributed by atoms with Crippen molar-refractivity contribution in [2.75, 3.05) is 0 Å². The molecule has 0 spiro atoms. The number of nitrogens with one attached hydrogen (secondary N) is 1. The first kappa shape index (κ1) is 12.5. The maximum absolute atomic E-state index is 11.2. The first-order chi connectivity index (χ1) is 9.24. The highest BCUT2D eigenvalue weighted by atomic mass is 16.4. The van der Waals surface area contributed by atoms with Gasteiger partial charge in [0, 0.05) is 24.7 Å². The number of carboxylic acid groups (broad SMARTS) is 1. The Labute approximate surface area is 113 Å². The summed E-state index contributed by atoms with van der Waals surface area (Å²) < 4.78 is 0. The van der Waals surface area contributed by atoms with Gasteiger partial charge in [-0.15, -0.1) is 0 Å². The fourth-order valence-electron chi connectivity index (χ4n) is 3.51. The van der Waals surface area contributed by atoms with Crippen LogP contribution in [0.25, 0.3) is 0 Å². The van der Waals surface area contributed by atoms with E-state index in [1.165, 1.54) is 5.56 Å². The van der Waals surface area contributed by atoms with Crippen LogP contribution in [0.3, 0.4) is 0 Å². The molecular weight excluding hydrogens is 240 g/mol. The molecule has 19 heavy (non-hydrogen) atoms. The molecule has 102 valence electrons. The van der Waals surface area contributed by atoms with Crippen molar-refractivity contribution < 1.29 is 9.90 Å². The van der Waals surface area contributed by atoms with E-state index < -0.39 is 6.09 Å². The summed E-state index contributed by atoms with van der Waals surface area (Å²) in [6.45, 7) is 0.873. The third-order valence-corrected chi connectivity index (χ3v) is 4.39. The second-order valence-corrected chi connectivity index (χ2v) is 5.61. The van der Waals surface area contributed by atoms with Crippen molar-refractivity contribution in [3.05, 3.63) is 35.9 Å². The molecule has 0 aromatic heterocycles. The lowest BCUT2D eigenvalue weighted by atomic mass is 9.97. The summed E-state index contributed by atoms with van der Waals surface area (Å²) in [7, 11) is 0. The normalized spacial score (nSPS) is 29.5. The minimum Gasteiger partial charge on any atom is -0.465 e. The number of fused-ring (bicyclic) bond motifs is 2. The van der Waals surface area contributed by atoms with Gasteiger partial charge in [-0.05, 0) is 31.2 Å². The van der Waals surface area contributed by atoms with E-state index in [0.717, 1.165) is 32.2 Å². The lowest BCUT2D eigenvalue weighted by Crippen LogP contribution is -2.50. The van der Waals surface area contributed by atoms with Crippen molar-refractivity contribution in [2.24, 2.45) is 0 Å². The van der Waals surface area contributed by atoms with Crippen LogP contribution in [0.1, 0.15) is 31.2 Å². The molecule has 1 amide bonds. The summed E-state index contributed by atoms with van der Waals surface area (Å²) in [6, 6.07) is 11.3. The maximum Gasteiger partial charge on any atom is 0.407 e. The third kappa shape index (κ3) is 2.59. The molecule has 2 saturated heterocycles. The SMILES string of the molecule is O=C(O)N1C2CC[C@H]1C[C@@H](NCc1ccccc1)C2. The number of piperidine rings is 1. The van der Waals surface area contributed by atoms with Crippen LogP contribution in [-0.2, 0) is 6.54 Å². The van der Waals surface area contributed by atoms with E-state index in [1.807, 2.05) is 18.2 Å². The van der Waals surface area contributed by atoms with Gasteiger partial charge in [0.05, 0.1) is 0 Å². The van der Waals surface area contributed by atoms with Gasteiger partial charge in [0.1, 0.15) is 0 Å². The van der Waals surface area contributed by atoms with Crippen molar-refractivity contribution in [3.63, 3.8) is 0 Å². The Morgan fingerprint density at radius 3 is 2.42 bits per heavy atom. The average molecular weight is 260 g/mol. The summed E-state index contributed by atoms with van der Waals surface area (Å²) in [5, 5.41) is 12.8. The smallest absolute Gasteiger partial charge is 0.407 e. The van der Waals surface area contributed by atoms with Crippen LogP contribution in [0.5, 0.6) is 0 Å². The Morgan fingerprint density at radius 2 is 1.84 bits per heavy atom. The average Bonchev–Trinajstić information content (AvgIpc) is 2.70. The Hall–Kier alpha value is -1.55. The van der Waals surface area contributed by atoms with E-state index in [-0.39, 0.29) is 12.1 Å². The second kappa shape index (κ2) is 5.21. The predicted octanol–water partition coefficient (Wildman–Crippen LogP) is 2.45. The van der Waals surface area contributed by atoms with E-state index in [1.54, 1.807) is 4.90 Å². The van der Waals surface area contributed by atoms with Crippen molar-refractivity contribution in [1.29, 1.82) is 0 Å². The first-order valence-corrected chi connectivity index (χ1v) is 7.02. The van der Waals surface area contributed by atoms with Crippen LogP contribution < -0.4 is 5.32 Å². The molecule has 0 aliphatic carbocycles. The number of benzene rings is 1. The van der Waals surface area contributed by atoms with Gasteiger partial charge in [-0.1, -0.05) is 30.3 Å². The molecule has 4 heteroatoms. The monoisotopic (exact) mass is 260 g/mol. The second-order valence-electron chi connectivity index (χ2n) is 5.61. The van der Waals surface area contributed by atoms with Crippen LogP contribution in [0.15, 0.2) is 30.3 Å². The quantitative estimate of drug-likeness (QED) is 0.877. The van der Waals surface area contributed by atoms with Gasteiger partial charge in [-0.3, -0.25) is 0 Å². The van der Waals surface area contributed by atoms with Crippen LogP contribution in [0.4, 0.5) is 4.79 Å². The Kier molecular flexibility index (Phi) is 3.42. The number of hydrogen-bond acceptors (Lipinski definition) is 2. The molecule has 2 aliphatic rings. The van der Waals surface area contributed by atoms with Gasteiger partial charge in [-0.25, -0.2) is 4.79 Å². The van der Waals surface area contributed by atoms with E-state index >= 15 is 0 Å². The number of hydrogen-bond donors (Lipinski definition) is 2. The van der Waals surface area contributed by atoms with Gasteiger partial charge in [0.25, 0.3) is 0 Å². The summed E-state index contributed by atoms with van der Waals surface area (Å²) >= 11 is 0. The van der Waals surface area contributed by atoms with Crippen molar-refractivity contribution >= 4 is 6.09 Å². The lowest BCUT2D eigenvalue weighted by molar-refractivity contribution is 0.0919. The van der Waals surface area contributed by atoms with E-state index in [9.17, 15) is 9.90 Å². The summed E-state index contributed by atoms with van der Waals surface area (Å²) in [5.41, 5.74) is 1.29. The van der Waals surface area contributed by atoms with Gasteiger partial charge >= 0.3 is 6.09 Å². The molecule has 2 fully saturated rings. The maximum atomic E-state index is 11.2.